The Labute approximate surface area is 126 Å². The third-order valence-electron chi connectivity index (χ3n) is 5.27. The van der Waals surface area contributed by atoms with Crippen molar-refractivity contribution in [3.8, 4) is 0 Å². The predicted molar refractivity (Wildman–Crippen MR) is 84.3 cm³/mol. The van der Waals surface area contributed by atoms with Gasteiger partial charge in [-0.2, -0.15) is 0 Å². The van der Waals surface area contributed by atoms with Gasteiger partial charge in [0, 0.05) is 24.3 Å². The fraction of sp³-hybridized carbons (Fsp3) is 0.647. The van der Waals surface area contributed by atoms with Gasteiger partial charge >= 0.3 is 0 Å². The Kier molecular flexibility index (Phi) is 3.96. The summed E-state index contributed by atoms with van der Waals surface area (Å²) in [6.45, 7) is 2.88. The Hall–Kier alpha value is -0.730. The van der Waals surface area contributed by atoms with Crippen LogP contribution in [0.15, 0.2) is 18.2 Å². The number of rotatable bonds is 4. The van der Waals surface area contributed by atoms with Gasteiger partial charge < -0.3 is 10.0 Å². The summed E-state index contributed by atoms with van der Waals surface area (Å²) in [6.07, 6.45) is 5.26. The first kappa shape index (κ1) is 14.2. The lowest BCUT2D eigenvalue weighted by Gasteiger charge is -2.29. The maximum atomic E-state index is 9.64. The van der Waals surface area contributed by atoms with Crippen LogP contribution in [0.3, 0.4) is 0 Å². The second-order valence-corrected chi connectivity index (χ2v) is 7.10. The Morgan fingerprint density at radius 3 is 2.70 bits per heavy atom. The number of benzene rings is 1. The van der Waals surface area contributed by atoms with Crippen molar-refractivity contribution in [2.75, 3.05) is 18.5 Å². The molecule has 4 unspecified atom stereocenters. The van der Waals surface area contributed by atoms with Crippen LogP contribution in [-0.2, 0) is 0 Å². The number of hydrogen-bond donors (Lipinski definition) is 1. The van der Waals surface area contributed by atoms with Gasteiger partial charge in [-0.15, -0.1) is 0 Å². The van der Waals surface area contributed by atoms with Gasteiger partial charge in [-0.05, 0) is 61.6 Å². The van der Waals surface area contributed by atoms with Crippen LogP contribution < -0.4 is 4.90 Å². The minimum absolute atomic E-state index is 0.507. The van der Waals surface area contributed by atoms with E-state index in [2.05, 4.69) is 18.0 Å². The molecule has 0 heterocycles. The highest BCUT2D eigenvalue weighted by molar-refractivity contribution is 6.31. The molecule has 0 radical (unpaired) electrons. The molecule has 3 rings (SSSR count). The Morgan fingerprint density at radius 1 is 1.35 bits per heavy atom. The summed E-state index contributed by atoms with van der Waals surface area (Å²) >= 11 is 6.26. The van der Waals surface area contributed by atoms with Gasteiger partial charge in [0.1, 0.15) is 0 Å². The molecule has 0 saturated heterocycles. The van der Waals surface area contributed by atoms with Crippen molar-refractivity contribution >= 4 is 17.3 Å². The quantitative estimate of drug-likeness (QED) is 0.896. The van der Waals surface area contributed by atoms with Crippen molar-refractivity contribution < 1.29 is 5.11 Å². The molecule has 2 aliphatic rings. The standard InChI is InChI=1S/C17H24ClNO/c1-11(20)16-6-5-15(9-17(16)18)19(2)10-14-8-12-3-4-13(14)7-12/h5-6,9,11-14,20H,3-4,7-8,10H2,1-2H3. The SMILES string of the molecule is CC(O)c1ccc(N(C)CC2CC3CCC2C3)cc1Cl. The van der Waals surface area contributed by atoms with Crippen LogP contribution >= 0.6 is 11.6 Å². The first-order valence-corrected chi connectivity index (χ1v) is 8.11. The molecule has 20 heavy (non-hydrogen) atoms. The number of halogens is 1. The maximum absolute atomic E-state index is 9.64. The minimum atomic E-state index is -0.507. The highest BCUT2D eigenvalue weighted by Crippen LogP contribution is 2.48. The van der Waals surface area contributed by atoms with Crippen LogP contribution in [0.1, 0.15) is 44.3 Å². The molecular formula is C17H24ClNO. The summed E-state index contributed by atoms with van der Waals surface area (Å²) in [6, 6.07) is 6.00. The molecule has 1 N–H and O–H groups in total. The summed E-state index contributed by atoms with van der Waals surface area (Å²) in [5.41, 5.74) is 1.96. The van der Waals surface area contributed by atoms with E-state index in [1.54, 1.807) is 6.92 Å². The fourth-order valence-corrected chi connectivity index (χ4v) is 4.48. The summed E-state index contributed by atoms with van der Waals surface area (Å²) in [5, 5.41) is 10.3. The van der Waals surface area contributed by atoms with E-state index in [-0.39, 0.29) is 0 Å². The number of aliphatic hydroxyl groups is 1. The van der Waals surface area contributed by atoms with E-state index in [4.69, 9.17) is 11.6 Å². The van der Waals surface area contributed by atoms with Gasteiger partial charge in [0.15, 0.2) is 0 Å². The highest BCUT2D eigenvalue weighted by Gasteiger charge is 2.39. The van der Waals surface area contributed by atoms with E-state index >= 15 is 0 Å². The van der Waals surface area contributed by atoms with Gasteiger partial charge in [0.25, 0.3) is 0 Å². The van der Waals surface area contributed by atoms with Gasteiger partial charge in [-0.1, -0.05) is 24.1 Å². The smallest absolute Gasteiger partial charge is 0.0776 e. The Bertz CT molecular complexity index is 488. The van der Waals surface area contributed by atoms with Gasteiger partial charge in [-0.25, -0.2) is 0 Å². The molecule has 2 bridgehead atoms. The summed E-state index contributed by atoms with van der Waals surface area (Å²) < 4.78 is 0. The van der Waals surface area contributed by atoms with Crippen molar-refractivity contribution in [3.63, 3.8) is 0 Å². The number of fused-ring (bicyclic) bond motifs is 2. The zero-order valence-electron chi connectivity index (χ0n) is 12.3. The first-order valence-electron chi connectivity index (χ1n) is 7.73. The molecule has 0 spiro atoms. The summed E-state index contributed by atoms with van der Waals surface area (Å²) in [5.74, 6) is 2.81. The van der Waals surface area contributed by atoms with Gasteiger partial charge in [0.05, 0.1) is 6.10 Å². The molecule has 110 valence electrons. The van der Waals surface area contributed by atoms with E-state index in [0.29, 0.717) is 5.02 Å². The molecule has 1 aromatic carbocycles. The number of hydrogen-bond acceptors (Lipinski definition) is 2. The molecule has 0 aliphatic heterocycles. The van der Waals surface area contributed by atoms with E-state index in [1.807, 2.05) is 12.1 Å². The molecule has 3 heteroatoms. The van der Waals surface area contributed by atoms with Crippen LogP contribution in [0.25, 0.3) is 0 Å². The second-order valence-electron chi connectivity index (χ2n) is 6.70. The van der Waals surface area contributed by atoms with Crippen LogP contribution in [0.4, 0.5) is 5.69 Å². The van der Waals surface area contributed by atoms with Crippen molar-refractivity contribution in [2.45, 2.75) is 38.7 Å². The molecular weight excluding hydrogens is 270 g/mol. The van der Waals surface area contributed by atoms with Crippen molar-refractivity contribution in [1.82, 2.24) is 0 Å². The molecule has 0 aromatic heterocycles. The third-order valence-corrected chi connectivity index (χ3v) is 5.60. The van der Waals surface area contributed by atoms with E-state index in [1.165, 1.54) is 25.7 Å². The average molecular weight is 294 g/mol. The molecule has 1 aromatic rings. The first-order chi connectivity index (χ1) is 9.54. The van der Waals surface area contributed by atoms with Crippen molar-refractivity contribution in [1.29, 1.82) is 0 Å². The fourth-order valence-electron chi connectivity index (χ4n) is 4.15. The van der Waals surface area contributed by atoms with Gasteiger partial charge in [0.2, 0.25) is 0 Å². The van der Waals surface area contributed by atoms with Crippen LogP contribution in [0, 0.1) is 17.8 Å². The normalized spacial score (nSPS) is 29.7. The number of nitrogens with zero attached hydrogens (tertiary/aromatic N) is 1. The van der Waals surface area contributed by atoms with Crippen LogP contribution in [-0.4, -0.2) is 18.7 Å². The topological polar surface area (TPSA) is 23.5 Å². The van der Waals surface area contributed by atoms with Crippen molar-refractivity contribution in [3.05, 3.63) is 28.8 Å². The highest BCUT2D eigenvalue weighted by atomic mass is 35.5. The second kappa shape index (κ2) is 5.57. The van der Waals surface area contributed by atoms with E-state index in [0.717, 1.165) is 35.5 Å². The van der Waals surface area contributed by atoms with E-state index < -0.39 is 6.10 Å². The summed E-state index contributed by atoms with van der Waals surface area (Å²) in [4.78, 5) is 2.32. The molecule has 2 nitrogen and oxygen atoms in total. The lowest BCUT2D eigenvalue weighted by molar-refractivity contribution is 0.199. The Morgan fingerprint density at radius 2 is 2.15 bits per heavy atom. The predicted octanol–water partition coefficient (Wildman–Crippen LogP) is 4.27. The lowest BCUT2D eigenvalue weighted by Crippen LogP contribution is -2.28. The molecule has 2 aliphatic carbocycles. The molecule has 2 fully saturated rings. The number of aliphatic hydroxyl groups excluding tert-OH is 1. The monoisotopic (exact) mass is 293 g/mol. The van der Waals surface area contributed by atoms with Crippen LogP contribution in [0.2, 0.25) is 5.02 Å². The van der Waals surface area contributed by atoms with Crippen LogP contribution in [0.5, 0.6) is 0 Å². The number of anilines is 1. The van der Waals surface area contributed by atoms with E-state index in [9.17, 15) is 5.11 Å². The van der Waals surface area contributed by atoms with Gasteiger partial charge in [-0.3, -0.25) is 0 Å². The third kappa shape index (κ3) is 2.68. The Balaban J connectivity index is 1.68. The summed E-state index contributed by atoms with van der Waals surface area (Å²) in [7, 11) is 2.15. The molecule has 2 saturated carbocycles. The lowest BCUT2D eigenvalue weighted by atomic mass is 9.88. The van der Waals surface area contributed by atoms with Crippen molar-refractivity contribution in [2.24, 2.45) is 17.8 Å². The average Bonchev–Trinajstić information content (AvgIpc) is 3.00. The maximum Gasteiger partial charge on any atom is 0.0776 e. The minimum Gasteiger partial charge on any atom is -0.389 e. The zero-order chi connectivity index (χ0) is 14.3. The molecule has 4 atom stereocenters. The largest absolute Gasteiger partial charge is 0.389 e. The zero-order valence-corrected chi connectivity index (χ0v) is 13.1. The molecule has 0 amide bonds.